The van der Waals surface area contributed by atoms with Crippen LogP contribution in [0, 0.1) is 10.1 Å². The van der Waals surface area contributed by atoms with Crippen molar-refractivity contribution in [3.05, 3.63) is 38.9 Å². The molecule has 2 heterocycles. The number of carbonyl (C=O) groups is 2. The van der Waals surface area contributed by atoms with Gasteiger partial charge in [-0.15, -0.1) is 0 Å². The van der Waals surface area contributed by atoms with Gasteiger partial charge >= 0.3 is 11.7 Å². The van der Waals surface area contributed by atoms with Gasteiger partial charge in [0.25, 0.3) is 11.6 Å². The predicted octanol–water partition coefficient (Wildman–Crippen LogP) is 1.84. The number of nitrogens with zero attached hydrogens (tertiary/aromatic N) is 3. The van der Waals surface area contributed by atoms with Crippen molar-refractivity contribution < 1.29 is 23.7 Å². The predicted molar refractivity (Wildman–Crippen MR) is 97.7 cm³/mol. The molecule has 1 saturated heterocycles. The van der Waals surface area contributed by atoms with E-state index in [1.807, 2.05) is 0 Å². The van der Waals surface area contributed by atoms with Crippen LogP contribution in [0.25, 0.3) is 11.1 Å². The molecule has 1 aromatic heterocycles. The number of fused-ring (bicyclic) bond motifs is 1. The van der Waals surface area contributed by atoms with Gasteiger partial charge < -0.3 is 14.1 Å². The first-order valence-corrected chi connectivity index (χ1v) is 9.13. The average Bonchev–Trinajstić information content (AvgIpc) is 3.28. The molecule has 0 N–H and O–H groups in total. The molecular formula is C18H21N3O7. The van der Waals surface area contributed by atoms with Crippen molar-refractivity contribution >= 4 is 28.7 Å². The van der Waals surface area contributed by atoms with Crippen LogP contribution in [0.5, 0.6) is 0 Å². The molecule has 150 valence electrons. The summed E-state index contributed by atoms with van der Waals surface area (Å²) in [5.41, 5.74) is 0.363. The van der Waals surface area contributed by atoms with Crippen LogP contribution in [0.15, 0.2) is 27.4 Å². The third-order valence-corrected chi connectivity index (χ3v) is 4.70. The van der Waals surface area contributed by atoms with Crippen LogP contribution in [0.2, 0.25) is 0 Å². The summed E-state index contributed by atoms with van der Waals surface area (Å²) in [7, 11) is 0. The van der Waals surface area contributed by atoms with Crippen molar-refractivity contribution in [2.24, 2.45) is 0 Å². The lowest BCUT2D eigenvalue weighted by Crippen LogP contribution is -2.38. The Labute approximate surface area is 159 Å². The van der Waals surface area contributed by atoms with Crippen LogP contribution < -0.4 is 5.76 Å². The Morgan fingerprint density at radius 2 is 2.04 bits per heavy atom. The molecule has 0 saturated carbocycles. The lowest BCUT2D eigenvalue weighted by molar-refractivity contribution is -0.384. The van der Waals surface area contributed by atoms with Crippen LogP contribution in [-0.4, -0.2) is 45.5 Å². The van der Waals surface area contributed by atoms with E-state index in [0.717, 1.165) is 12.8 Å². The van der Waals surface area contributed by atoms with Gasteiger partial charge in [-0.05, 0) is 32.3 Å². The number of rotatable bonds is 7. The summed E-state index contributed by atoms with van der Waals surface area (Å²) in [6.07, 6.45) is 1.42. The van der Waals surface area contributed by atoms with E-state index in [-0.39, 0.29) is 30.1 Å². The average molecular weight is 391 g/mol. The van der Waals surface area contributed by atoms with E-state index in [2.05, 4.69) is 0 Å². The van der Waals surface area contributed by atoms with Gasteiger partial charge in [-0.25, -0.2) is 4.79 Å². The molecule has 1 amide bonds. The molecule has 0 radical (unpaired) electrons. The molecule has 10 nitrogen and oxygen atoms in total. The van der Waals surface area contributed by atoms with Gasteiger partial charge in [0.2, 0.25) is 0 Å². The van der Waals surface area contributed by atoms with Crippen molar-refractivity contribution in [2.45, 2.75) is 45.3 Å². The minimum absolute atomic E-state index is 0.0315. The van der Waals surface area contributed by atoms with Gasteiger partial charge in [-0.3, -0.25) is 24.3 Å². The summed E-state index contributed by atoms with van der Waals surface area (Å²) in [5.74, 6) is -1.36. The Hall–Kier alpha value is -3.17. The lowest BCUT2D eigenvalue weighted by Gasteiger charge is -2.20. The second-order valence-corrected chi connectivity index (χ2v) is 6.70. The first-order chi connectivity index (χ1) is 13.4. The van der Waals surface area contributed by atoms with E-state index in [1.54, 1.807) is 11.8 Å². The third-order valence-electron chi connectivity index (χ3n) is 4.70. The maximum absolute atomic E-state index is 12.2. The minimum Gasteiger partial charge on any atom is -0.453 e. The highest BCUT2D eigenvalue weighted by molar-refractivity contribution is 5.83. The Kier molecular flexibility index (Phi) is 5.76. The van der Waals surface area contributed by atoms with Crippen molar-refractivity contribution in [2.75, 3.05) is 13.1 Å². The highest BCUT2D eigenvalue weighted by atomic mass is 16.6. The highest BCUT2D eigenvalue weighted by Gasteiger charge is 2.25. The zero-order valence-electron chi connectivity index (χ0n) is 15.5. The zero-order chi connectivity index (χ0) is 20.3. The monoisotopic (exact) mass is 391 g/mol. The first kappa shape index (κ1) is 19.6. The Balaban J connectivity index is 1.55. The van der Waals surface area contributed by atoms with E-state index in [9.17, 15) is 24.5 Å². The number of amides is 1. The van der Waals surface area contributed by atoms with Crippen molar-refractivity contribution in [1.82, 2.24) is 9.47 Å². The number of hydrogen-bond acceptors (Lipinski definition) is 7. The maximum Gasteiger partial charge on any atom is 0.419 e. The van der Waals surface area contributed by atoms with Gasteiger partial charge in [-0.2, -0.15) is 0 Å². The molecule has 1 aliphatic heterocycles. The van der Waals surface area contributed by atoms with Crippen LogP contribution in [0.3, 0.4) is 0 Å². The number of benzene rings is 1. The summed E-state index contributed by atoms with van der Waals surface area (Å²) in [6.45, 7) is 3.12. The zero-order valence-corrected chi connectivity index (χ0v) is 15.5. The Morgan fingerprint density at radius 3 is 2.71 bits per heavy atom. The molecule has 0 spiro atoms. The van der Waals surface area contributed by atoms with Gasteiger partial charge in [0.05, 0.1) is 16.5 Å². The standard InChI is InChI=1S/C18H21N3O7/c1-12(17(23)19-8-2-3-9-19)27-16(22)5-4-10-20-14-7-6-13(21(25)26)11-15(14)28-18(20)24/h6-7,11-12H,2-5,8-10H2,1H3. The molecule has 1 aliphatic rings. The van der Waals surface area contributed by atoms with E-state index in [0.29, 0.717) is 25.0 Å². The molecule has 28 heavy (non-hydrogen) atoms. The Bertz CT molecular complexity index is 956. The number of oxazole rings is 1. The summed E-state index contributed by atoms with van der Waals surface area (Å²) < 4.78 is 11.5. The fourth-order valence-electron chi connectivity index (χ4n) is 3.26. The summed E-state index contributed by atoms with van der Waals surface area (Å²) in [4.78, 5) is 48.0. The van der Waals surface area contributed by atoms with Crippen LogP contribution >= 0.6 is 0 Å². The van der Waals surface area contributed by atoms with Crippen molar-refractivity contribution in [1.29, 1.82) is 0 Å². The Morgan fingerprint density at radius 1 is 1.32 bits per heavy atom. The molecule has 1 fully saturated rings. The van der Waals surface area contributed by atoms with Crippen LogP contribution in [0.1, 0.15) is 32.6 Å². The summed E-state index contributed by atoms with van der Waals surface area (Å²) >= 11 is 0. The van der Waals surface area contributed by atoms with Crippen LogP contribution in [-0.2, 0) is 20.9 Å². The number of aromatic nitrogens is 1. The van der Waals surface area contributed by atoms with Gasteiger partial charge in [0.15, 0.2) is 11.7 Å². The fraction of sp³-hybridized carbons (Fsp3) is 0.500. The SMILES string of the molecule is CC(OC(=O)CCCn1c(=O)oc2cc([N+](=O)[O-])ccc21)C(=O)N1CCCC1. The minimum atomic E-state index is -0.830. The van der Waals surface area contributed by atoms with Crippen molar-refractivity contribution in [3.63, 3.8) is 0 Å². The second-order valence-electron chi connectivity index (χ2n) is 6.70. The number of aryl methyl sites for hydroxylation is 1. The maximum atomic E-state index is 12.2. The largest absolute Gasteiger partial charge is 0.453 e. The van der Waals surface area contributed by atoms with Crippen LogP contribution in [0.4, 0.5) is 5.69 Å². The highest BCUT2D eigenvalue weighted by Crippen LogP contribution is 2.20. The molecule has 0 bridgehead atoms. The molecule has 3 rings (SSSR count). The van der Waals surface area contributed by atoms with E-state index in [1.165, 1.54) is 22.8 Å². The number of nitro groups is 1. The van der Waals surface area contributed by atoms with E-state index in [4.69, 9.17) is 9.15 Å². The fourth-order valence-corrected chi connectivity index (χ4v) is 3.26. The molecular weight excluding hydrogens is 370 g/mol. The smallest absolute Gasteiger partial charge is 0.419 e. The molecule has 1 atom stereocenters. The molecule has 1 aromatic carbocycles. The van der Waals surface area contributed by atoms with Gasteiger partial charge in [0.1, 0.15) is 0 Å². The quantitative estimate of drug-likeness (QED) is 0.400. The summed E-state index contributed by atoms with van der Waals surface area (Å²) in [5, 5.41) is 10.8. The number of nitro benzene ring substituents is 1. The number of hydrogen-bond donors (Lipinski definition) is 0. The molecule has 1 unspecified atom stereocenters. The molecule has 10 heteroatoms. The summed E-state index contributed by atoms with van der Waals surface area (Å²) in [6, 6.07) is 3.91. The van der Waals surface area contributed by atoms with E-state index < -0.39 is 22.8 Å². The normalized spacial score (nSPS) is 15.0. The second kappa shape index (κ2) is 8.24. The lowest BCUT2D eigenvalue weighted by atomic mass is 10.2. The molecule has 2 aromatic rings. The van der Waals surface area contributed by atoms with Crippen molar-refractivity contribution in [3.8, 4) is 0 Å². The number of ether oxygens (including phenoxy) is 1. The third kappa shape index (κ3) is 4.21. The van der Waals surface area contributed by atoms with E-state index >= 15 is 0 Å². The van der Waals surface area contributed by atoms with Gasteiger partial charge in [0, 0.05) is 32.1 Å². The first-order valence-electron chi connectivity index (χ1n) is 9.13. The van der Waals surface area contributed by atoms with Gasteiger partial charge in [-0.1, -0.05) is 0 Å². The number of esters is 1. The topological polar surface area (TPSA) is 125 Å². The number of non-ortho nitro benzene ring substituents is 1. The number of carbonyl (C=O) groups excluding carboxylic acids is 2. The number of likely N-dealkylation sites (tertiary alicyclic amines) is 1. The molecule has 0 aliphatic carbocycles.